The van der Waals surface area contributed by atoms with E-state index in [2.05, 4.69) is 4.98 Å². The normalized spacial score (nSPS) is 18.5. The van der Waals surface area contributed by atoms with Gasteiger partial charge in [0.25, 0.3) is 0 Å². The number of aliphatic hydroxyl groups excluding tert-OH is 1. The van der Waals surface area contributed by atoms with Crippen LogP contribution in [0.25, 0.3) is 10.9 Å². The number of aliphatic hydroxyl groups is 1. The first-order chi connectivity index (χ1) is 17.6. The summed E-state index contributed by atoms with van der Waals surface area (Å²) in [5.74, 6) is -1.65. The fourth-order valence-corrected chi connectivity index (χ4v) is 6.19. The zero-order valence-electron chi connectivity index (χ0n) is 20.1. The molecule has 1 fully saturated rings. The van der Waals surface area contributed by atoms with Crippen LogP contribution in [0.4, 0.5) is 15.9 Å². The van der Waals surface area contributed by atoms with Crippen LogP contribution in [0.2, 0.25) is 0 Å². The Balaban J connectivity index is 1.31. The molecule has 0 saturated carbocycles. The van der Waals surface area contributed by atoms with E-state index in [1.54, 1.807) is 17.6 Å². The lowest BCUT2D eigenvalue weighted by atomic mass is 10.1. The highest BCUT2D eigenvalue weighted by Crippen LogP contribution is 2.46. The van der Waals surface area contributed by atoms with Gasteiger partial charge >= 0.3 is 11.8 Å². The Morgan fingerprint density at radius 1 is 1.30 bits per heavy atom. The van der Waals surface area contributed by atoms with Gasteiger partial charge in [0.2, 0.25) is 5.43 Å². The average molecular weight is 533 g/mol. The predicted octanol–water partition coefficient (Wildman–Crippen LogP) is 2.06. The van der Waals surface area contributed by atoms with Crippen molar-refractivity contribution in [1.29, 1.82) is 0 Å². The van der Waals surface area contributed by atoms with E-state index in [9.17, 15) is 29.9 Å². The third-order valence-electron chi connectivity index (χ3n) is 6.89. The van der Waals surface area contributed by atoms with Crippen molar-refractivity contribution in [2.75, 3.05) is 37.6 Å². The number of thioether (sulfide) groups is 1. The van der Waals surface area contributed by atoms with Crippen LogP contribution < -0.4 is 10.3 Å². The quantitative estimate of drug-likeness (QED) is 0.342. The smallest absolute Gasteiger partial charge is 0.342 e. The van der Waals surface area contributed by atoms with E-state index in [0.29, 0.717) is 54.8 Å². The van der Waals surface area contributed by atoms with Gasteiger partial charge in [-0.3, -0.25) is 9.69 Å². The largest absolute Gasteiger partial charge is 0.477 e. The number of halogens is 1. The number of imidazole rings is 1. The number of hydrogen-bond donors (Lipinski definition) is 2. The molecule has 0 radical (unpaired) electrons. The van der Waals surface area contributed by atoms with Gasteiger partial charge in [-0.05, 0) is 24.0 Å². The van der Waals surface area contributed by atoms with Crippen molar-refractivity contribution >= 4 is 40.1 Å². The zero-order valence-corrected chi connectivity index (χ0v) is 20.9. The van der Waals surface area contributed by atoms with Gasteiger partial charge in [0, 0.05) is 45.0 Å². The molecule has 0 spiro atoms. The Morgan fingerprint density at radius 2 is 2.00 bits per heavy atom. The number of fused-ring (bicyclic) bond motifs is 3. The van der Waals surface area contributed by atoms with Gasteiger partial charge in [-0.2, -0.15) is 0 Å². The van der Waals surface area contributed by atoms with Crippen LogP contribution in [0.15, 0.2) is 28.2 Å². The second kappa shape index (κ2) is 9.43. The number of piperazine rings is 1. The van der Waals surface area contributed by atoms with Crippen molar-refractivity contribution in [2.45, 2.75) is 36.9 Å². The highest BCUT2D eigenvalue weighted by molar-refractivity contribution is 8.00. The molecule has 37 heavy (non-hydrogen) atoms. The van der Waals surface area contributed by atoms with Crippen LogP contribution >= 0.6 is 11.8 Å². The van der Waals surface area contributed by atoms with Gasteiger partial charge in [0.15, 0.2) is 5.82 Å². The summed E-state index contributed by atoms with van der Waals surface area (Å²) in [6.45, 7) is 5.85. The molecule has 2 aliphatic rings. The molecule has 12 nitrogen and oxygen atoms in total. The molecular weight excluding hydrogens is 507 g/mol. The van der Waals surface area contributed by atoms with Gasteiger partial charge in [-0.1, -0.05) is 11.8 Å². The number of hydrogen-bond acceptors (Lipinski definition) is 9. The number of benzene rings is 1. The van der Waals surface area contributed by atoms with E-state index in [4.69, 9.17) is 0 Å². The maximum Gasteiger partial charge on any atom is 0.342 e. The molecule has 14 heteroatoms. The van der Waals surface area contributed by atoms with E-state index in [1.807, 2.05) is 16.7 Å². The number of nitro groups is 1. The summed E-state index contributed by atoms with van der Waals surface area (Å²) in [5, 5.41) is 31.6. The third-order valence-corrected chi connectivity index (χ3v) is 8.06. The monoisotopic (exact) mass is 532 g/mol. The highest BCUT2D eigenvalue weighted by Gasteiger charge is 2.33. The highest BCUT2D eigenvalue weighted by atomic mass is 32.2. The molecule has 0 aliphatic carbocycles. The topological polar surface area (TPSA) is 147 Å². The second-order valence-electron chi connectivity index (χ2n) is 9.20. The van der Waals surface area contributed by atoms with Gasteiger partial charge in [-0.15, -0.1) is 0 Å². The average Bonchev–Trinajstić information content (AvgIpc) is 3.19. The first-order valence-electron chi connectivity index (χ1n) is 11.7. The molecular formula is C23H25FN6O6S. The van der Waals surface area contributed by atoms with Crippen LogP contribution in [0, 0.1) is 22.9 Å². The summed E-state index contributed by atoms with van der Waals surface area (Å²) in [6.07, 6.45) is 0.311. The van der Waals surface area contributed by atoms with Crippen LogP contribution in [0.5, 0.6) is 0 Å². The predicted molar refractivity (Wildman–Crippen MR) is 134 cm³/mol. The number of aromatic nitrogens is 3. The van der Waals surface area contributed by atoms with Crippen molar-refractivity contribution < 1.29 is 24.3 Å². The van der Waals surface area contributed by atoms with Gasteiger partial charge < -0.3 is 29.8 Å². The molecule has 2 aromatic heterocycles. The number of anilines is 1. The minimum absolute atomic E-state index is 0.0378. The molecule has 3 aromatic rings. The summed E-state index contributed by atoms with van der Waals surface area (Å²) < 4.78 is 18.3. The van der Waals surface area contributed by atoms with Crippen molar-refractivity contribution in [3.8, 4) is 0 Å². The molecule has 2 aliphatic heterocycles. The minimum Gasteiger partial charge on any atom is -0.477 e. The Kier molecular flexibility index (Phi) is 6.41. The molecule has 2 atom stereocenters. The third kappa shape index (κ3) is 4.34. The number of aromatic carboxylic acids is 1. The van der Waals surface area contributed by atoms with Crippen LogP contribution in [0.3, 0.4) is 0 Å². The van der Waals surface area contributed by atoms with Gasteiger partial charge in [-0.25, -0.2) is 18.7 Å². The van der Waals surface area contributed by atoms with Crippen LogP contribution in [-0.4, -0.2) is 79.0 Å². The van der Waals surface area contributed by atoms with E-state index in [1.165, 1.54) is 22.5 Å². The number of carbonyl (C=O) groups is 1. The molecule has 2 unspecified atom stereocenters. The number of β-amino-alcohol motifs (C(OH)–C–C–N with tert-alkyl or cyclic N) is 1. The summed E-state index contributed by atoms with van der Waals surface area (Å²) in [6, 6.07) is 2.74. The number of carboxylic acid groups (broad SMARTS) is 1. The van der Waals surface area contributed by atoms with E-state index >= 15 is 4.39 Å². The molecule has 5 rings (SSSR count). The van der Waals surface area contributed by atoms with Crippen molar-refractivity contribution in [1.82, 2.24) is 19.0 Å². The summed E-state index contributed by atoms with van der Waals surface area (Å²) in [7, 11) is 0. The van der Waals surface area contributed by atoms with E-state index in [0.717, 1.165) is 6.07 Å². The number of nitrogens with zero attached hydrogens (tertiary/aromatic N) is 6. The van der Waals surface area contributed by atoms with Crippen LogP contribution in [-0.2, 0) is 6.54 Å². The Labute approximate surface area is 214 Å². The summed E-state index contributed by atoms with van der Waals surface area (Å²) >= 11 is 1.30. The summed E-state index contributed by atoms with van der Waals surface area (Å²) in [4.78, 5) is 42.9. The number of pyridine rings is 1. The maximum atomic E-state index is 15.2. The zero-order chi connectivity index (χ0) is 26.6. The lowest BCUT2D eigenvalue weighted by Gasteiger charge is -2.37. The fourth-order valence-electron chi connectivity index (χ4n) is 5.03. The SMILES string of the molecule is Cc1ncc([N+](=O)[O-])n1CC(O)CN1CCN(c2cc3c(cc2F)c(=O)c(C(=O)O)c2n3C(C)S2)CC1. The van der Waals surface area contributed by atoms with E-state index in [-0.39, 0.29) is 28.7 Å². The van der Waals surface area contributed by atoms with Crippen molar-refractivity contribution in [3.63, 3.8) is 0 Å². The number of rotatable bonds is 7. The van der Waals surface area contributed by atoms with Gasteiger partial charge in [0.05, 0.1) is 21.6 Å². The molecule has 0 amide bonds. The Morgan fingerprint density at radius 3 is 2.62 bits per heavy atom. The molecule has 196 valence electrons. The maximum absolute atomic E-state index is 15.2. The Hall–Kier alpha value is -3.49. The Bertz CT molecular complexity index is 1480. The van der Waals surface area contributed by atoms with Crippen molar-refractivity contribution in [3.05, 3.63) is 55.9 Å². The number of aryl methyl sites for hydroxylation is 1. The standard InChI is InChI=1S/C23H25FN6O6S/c1-12-25-9-19(30(35)36)28(12)11-14(31)10-26-3-5-27(6-4-26)18-8-17-15(7-16(18)24)21(32)20(23(33)34)22-29(17)13(2)37-22/h7-9,13-14,31H,3-6,10-11H2,1-2H3,(H,33,34). The van der Waals surface area contributed by atoms with Crippen LogP contribution in [0.1, 0.15) is 28.5 Å². The minimum atomic E-state index is -1.32. The lowest BCUT2D eigenvalue weighted by Crippen LogP contribution is -2.49. The fraction of sp³-hybridized carbons (Fsp3) is 0.435. The molecule has 1 aromatic carbocycles. The first kappa shape index (κ1) is 25.2. The molecule has 2 N–H and O–H groups in total. The van der Waals surface area contributed by atoms with Crippen molar-refractivity contribution in [2.24, 2.45) is 0 Å². The lowest BCUT2D eigenvalue weighted by molar-refractivity contribution is -0.392. The molecule has 1 saturated heterocycles. The number of carboxylic acids is 1. The molecule has 4 heterocycles. The second-order valence-corrected chi connectivity index (χ2v) is 10.5. The van der Waals surface area contributed by atoms with Gasteiger partial charge in [0.1, 0.15) is 30.2 Å². The molecule has 0 bridgehead atoms. The summed E-state index contributed by atoms with van der Waals surface area (Å²) in [5.41, 5.74) is -0.182. The van der Waals surface area contributed by atoms with E-state index < -0.39 is 28.2 Å². The first-order valence-corrected chi connectivity index (χ1v) is 12.6.